The number of carbonyl (C=O) groups is 2. The summed E-state index contributed by atoms with van der Waals surface area (Å²) in [6.45, 7) is 7.87. The highest BCUT2D eigenvalue weighted by Crippen LogP contribution is 2.73. The molecule has 4 aliphatic carbocycles. The largest absolute Gasteiger partial charge is 0.462 e. The van der Waals surface area contributed by atoms with E-state index in [9.17, 15) is 9.59 Å². The first-order chi connectivity index (χ1) is 13.2. The molecule has 0 aromatic rings. The van der Waals surface area contributed by atoms with Crippen molar-refractivity contribution in [3.8, 4) is 0 Å². The van der Waals surface area contributed by atoms with Gasteiger partial charge in [0.1, 0.15) is 17.8 Å². The van der Waals surface area contributed by atoms with Crippen molar-refractivity contribution >= 4 is 11.9 Å². The van der Waals surface area contributed by atoms with E-state index in [0.717, 1.165) is 38.5 Å². The lowest BCUT2D eigenvalue weighted by atomic mass is 9.45. The number of fused-ring (bicyclic) bond motifs is 4. The Morgan fingerprint density at radius 2 is 1.68 bits per heavy atom. The van der Waals surface area contributed by atoms with E-state index in [4.69, 9.17) is 14.2 Å². The van der Waals surface area contributed by atoms with Gasteiger partial charge in [0, 0.05) is 31.1 Å². The molecule has 5 fully saturated rings. The van der Waals surface area contributed by atoms with E-state index in [-0.39, 0.29) is 40.6 Å². The van der Waals surface area contributed by atoms with Crippen LogP contribution in [0.2, 0.25) is 0 Å². The summed E-state index contributed by atoms with van der Waals surface area (Å²) in [6, 6.07) is 0. The van der Waals surface area contributed by atoms with Crippen molar-refractivity contribution in [1.29, 1.82) is 0 Å². The van der Waals surface area contributed by atoms with Gasteiger partial charge in [-0.05, 0) is 62.7 Å². The van der Waals surface area contributed by atoms with Crippen molar-refractivity contribution < 1.29 is 23.8 Å². The van der Waals surface area contributed by atoms with Crippen molar-refractivity contribution in [3.05, 3.63) is 0 Å². The zero-order valence-electron chi connectivity index (χ0n) is 17.7. The van der Waals surface area contributed by atoms with Gasteiger partial charge in [-0.1, -0.05) is 13.8 Å². The molecular weight excluding hydrogens is 356 g/mol. The van der Waals surface area contributed by atoms with Crippen molar-refractivity contribution in [3.63, 3.8) is 0 Å². The van der Waals surface area contributed by atoms with Crippen LogP contribution in [0, 0.1) is 28.6 Å². The van der Waals surface area contributed by atoms with Crippen molar-refractivity contribution in [2.75, 3.05) is 0 Å². The SMILES string of the molecule is CC(=O)OC1CCC2(C)C3CCC4(C)C(OC(C)=O)CCC4C3C[C@@H]3O[C@@]32C1. The highest BCUT2D eigenvalue weighted by atomic mass is 16.6. The fourth-order valence-corrected chi connectivity index (χ4v) is 8.32. The molecule has 1 saturated heterocycles. The smallest absolute Gasteiger partial charge is 0.302 e. The van der Waals surface area contributed by atoms with Crippen LogP contribution in [0.25, 0.3) is 0 Å². The lowest BCUT2D eigenvalue weighted by Crippen LogP contribution is -2.59. The third kappa shape index (κ3) is 2.41. The lowest BCUT2D eigenvalue weighted by Gasteiger charge is -2.59. The summed E-state index contributed by atoms with van der Waals surface area (Å²) in [5.74, 6) is 1.64. The second-order valence-corrected chi connectivity index (χ2v) is 10.7. The third-order valence-electron chi connectivity index (χ3n) is 9.59. The molecule has 0 radical (unpaired) electrons. The quantitative estimate of drug-likeness (QED) is 0.526. The van der Waals surface area contributed by atoms with Crippen LogP contribution in [-0.4, -0.2) is 35.9 Å². The Kier molecular flexibility index (Phi) is 4.02. The Bertz CT molecular complexity index is 705. The maximum atomic E-state index is 11.6. The topological polar surface area (TPSA) is 65.1 Å². The van der Waals surface area contributed by atoms with E-state index < -0.39 is 0 Å². The maximum Gasteiger partial charge on any atom is 0.302 e. The fourth-order valence-electron chi connectivity index (χ4n) is 8.32. The number of esters is 2. The summed E-state index contributed by atoms with van der Waals surface area (Å²) in [4.78, 5) is 23.1. The van der Waals surface area contributed by atoms with Gasteiger partial charge >= 0.3 is 11.9 Å². The number of hydrogen-bond donors (Lipinski definition) is 0. The first kappa shape index (κ1) is 18.9. The molecular formula is C23H34O5. The van der Waals surface area contributed by atoms with Crippen molar-refractivity contribution in [2.45, 2.75) is 103 Å². The van der Waals surface area contributed by atoms with E-state index in [1.165, 1.54) is 26.7 Å². The second kappa shape index (κ2) is 5.96. The molecule has 5 aliphatic rings. The molecule has 0 bridgehead atoms. The van der Waals surface area contributed by atoms with Gasteiger partial charge in [0.25, 0.3) is 0 Å². The molecule has 0 N–H and O–H groups in total. The van der Waals surface area contributed by atoms with Crippen LogP contribution in [0.4, 0.5) is 0 Å². The normalized spacial score (nSPS) is 53.9. The molecule has 7 unspecified atom stereocenters. The first-order valence-electron chi connectivity index (χ1n) is 11.2. The van der Waals surface area contributed by atoms with Crippen LogP contribution in [0.1, 0.15) is 79.1 Å². The van der Waals surface area contributed by atoms with E-state index >= 15 is 0 Å². The monoisotopic (exact) mass is 390 g/mol. The van der Waals surface area contributed by atoms with Gasteiger partial charge in [-0.3, -0.25) is 9.59 Å². The molecule has 5 nitrogen and oxygen atoms in total. The summed E-state index contributed by atoms with van der Waals surface area (Å²) < 4.78 is 17.8. The molecule has 1 spiro atoms. The van der Waals surface area contributed by atoms with Crippen molar-refractivity contribution in [2.24, 2.45) is 28.6 Å². The van der Waals surface area contributed by atoms with Crippen LogP contribution in [0.3, 0.4) is 0 Å². The van der Waals surface area contributed by atoms with Gasteiger partial charge in [-0.15, -0.1) is 0 Å². The highest BCUT2D eigenvalue weighted by Gasteiger charge is 2.76. The summed E-state index contributed by atoms with van der Waals surface area (Å²) in [6.07, 6.45) is 8.95. The van der Waals surface area contributed by atoms with E-state index in [1.807, 2.05) is 0 Å². The minimum absolute atomic E-state index is 0.0146. The summed E-state index contributed by atoms with van der Waals surface area (Å²) in [7, 11) is 0. The van der Waals surface area contributed by atoms with Crippen LogP contribution < -0.4 is 0 Å². The maximum absolute atomic E-state index is 11.6. The molecule has 1 aliphatic heterocycles. The van der Waals surface area contributed by atoms with Gasteiger partial charge in [-0.2, -0.15) is 0 Å². The number of hydrogen-bond acceptors (Lipinski definition) is 5. The number of carbonyl (C=O) groups excluding carboxylic acids is 2. The molecule has 1 heterocycles. The molecule has 0 aromatic carbocycles. The molecule has 4 saturated carbocycles. The Labute approximate surface area is 167 Å². The van der Waals surface area contributed by atoms with E-state index in [2.05, 4.69) is 13.8 Å². The van der Waals surface area contributed by atoms with Gasteiger partial charge in [-0.25, -0.2) is 0 Å². The number of rotatable bonds is 2. The molecule has 5 rings (SSSR count). The predicted molar refractivity (Wildman–Crippen MR) is 102 cm³/mol. The van der Waals surface area contributed by atoms with E-state index in [0.29, 0.717) is 23.9 Å². The average Bonchev–Trinajstić information content (AvgIpc) is 3.20. The van der Waals surface area contributed by atoms with Gasteiger partial charge in [0.15, 0.2) is 0 Å². The molecule has 5 heteroatoms. The van der Waals surface area contributed by atoms with Gasteiger partial charge < -0.3 is 14.2 Å². The zero-order valence-corrected chi connectivity index (χ0v) is 17.7. The Balaban J connectivity index is 1.39. The van der Waals surface area contributed by atoms with Crippen LogP contribution in [-0.2, 0) is 23.8 Å². The van der Waals surface area contributed by atoms with Crippen LogP contribution >= 0.6 is 0 Å². The van der Waals surface area contributed by atoms with Gasteiger partial charge in [0.2, 0.25) is 0 Å². The third-order valence-corrected chi connectivity index (χ3v) is 9.59. The number of ether oxygens (including phenoxy) is 3. The zero-order chi connectivity index (χ0) is 19.9. The van der Waals surface area contributed by atoms with E-state index in [1.54, 1.807) is 0 Å². The van der Waals surface area contributed by atoms with Crippen LogP contribution in [0.5, 0.6) is 0 Å². The standard InChI is InChI=1S/C23H34O5/c1-13(24)26-15-7-10-22(4)18-8-9-21(3)17(5-6-19(21)27-14(2)25)16(18)11-20-23(22,12-15)28-20/h15-20H,5-12H2,1-4H3/t15?,16?,17?,18?,19?,20-,21?,22?,23-/m0/s1. The summed E-state index contributed by atoms with van der Waals surface area (Å²) in [5.41, 5.74) is 0.222. The average molecular weight is 391 g/mol. The summed E-state index contributed by atoms with van der Waals surface area (Å²) in [5, 5.41) is 0. The molecule has 0 aromatic heterocycles. The lowest BCUT2D eigenvalue weighted by molar-refractivity contribution is -0.164. The second-order valence-electron chi connectivity index (χ2n) is 10.7. The predicted octanol–water partition coefficient (Wildman–Crippen LogP) is 4.02. The molecule has 156 valence electrons. The fraction of sp³-hybridized carbons (Fsp3) is 0.913. The Morgan fingerprint density at radius 1 is 0.929 bits per heavy atom. The minimum atomic E-state index is -0.174. The molecule has 0 amide bonds. The Hall–Kier alpha value is -1.10. The first-order valence-corrected chi connectivity index (χ1v) is 11.2. The van der Waals surface area contributed by atoms with Crippen LogP contribution in [0.15, 0.2) is 0 Å². The minimum Gasteiger partial charge on any atom is -0.462 e. The highest BCUT2D eigenvalue weighted by molar-refractivity contribution is 5.66. The Morgan fingerprint density at radius 3 is 2.39 bits per heavy atom. The van der Waals surface area contributed by atoms with Gasteiger partial charge in [0.05, 0.1) is 6.10 Å². The number of epoxide rings is 1. The molecule has 28 heavy (non-hydrogen) atoms. The van der Waals surface area contributed by atoms with Crippen molar-refractivity contribution in [1.82, 2.24) is 0 Å². The summed E-state index contributed by atoms with van der Waals surface area (Å²) >= 11 is 0. The molecule has 9 atom stereocenters.